The van der Waals surface area contributed by atoms with Crippen molar-refractivity contribution in [1.29, 1.82) is 21.6 Å². The van der Waals surface area contributed by atoms with Gasteiger partial charge in [0, 0.05) is 86.1 Å². The third-order valence-electron chi connectivity index (χ3n) is 18.0. The number of hydrogen-bond donors (Lipinski definition) is 32. The maximum Gasteiger partial charge on any atom is 0.326 e. The Hall–Kier alpha value is -14.0. The molecule has 0 unspecified atom stereocenters. The summed E-state index contributed by atoms with van der Waals surface area (Å²) < 4.78 is 0. The molecule has 48 heteroatoms. The van der Waals surface area contributed by atoms with Crippen LogP contribution in [0.2, 0.25) is 0 Å². The number of amides is 13. The van der Waals surface area contributed by atoms with Gasteiger partial charge in [-0.05, 0) is 101 Å². The average molecular weight is 1670 g/mol. The number of aliphatic hydroxyl groups excluding tert-OH is 1. The van der Waals surface area contributed by atoms with Crippen molar-refractivity contribution in [3.05, 3.63) is 72.1 Å². The smallest absolute Gasteiger partial charge is 0.326 e. The Morgan fingerprint density at radius 3 is 1.13 bits per heavy atom. The normalized spacial score (nSPS) is 13.9. The molecule has 0 saturated heterocycles. The highest BCUT2D eigenvalue weighted by Crippen LogP contribution is 2.22. The highest BCUT2D eigenvalue weighted by molar-refractivity contribution is 6.01. The van der Waals surface area contributed by atoms with Gasteiger partial charge in [-0.1, -0.05) is 36.4 Å². The molecule has 0 radical (unpaired) electrons. The van der Waals surface area contributed by atoms with Crippen LogP contribution < -0.4 is 119 Å². The first-order valence-corrected chi connectivity index (χ1v) is 37.6. The molecule has 13 amide bonds. The first-order chi connectivity index (χ1) is 56.3. The van der Waals surface area contributed by atoms with Crippen molar-refractivity contribution < 1.29 is 97.1 Å². The Morgan fingerprint density at radius 2 is 0.723 bits per heavy atom. The minimum atomic E-state index is -1.96. The summed E-state index contributed by atoms with van der Waals surface area (Å²) in [5, 5.41) is 109. The van der Waals surface area contributed by atoms with Gasteiger partial charge in [0.2, 0.25) is 76.8 Å². The highest BCUT2D eigenvalue weighted by atomic mass is 16.4. The molecule has 12 atom stereocenters. The molecule has 0 fully saturated rings. The summed E-state index contributed by atoms with van der Waals surface area (Å²) >= 11 is 0. The number of para-hydroxylation sites is 2. The van der Waals surface area contributed by atoms with E-state index in [0.29, 0.717) is 32.9 Å². The SMILES string of the molecule is C[C@H](NC(=O)[C@H](CCCNC(=N)N)NC(=O)[C@H](CCC(N)=O)NC(=O)[C@H](C)NC(=O)[C@H](CC(=O)O)NC(=O)[C@H](Cc1c[nH]c2ccccc12)NC(=O)[C@@H](N)CCC(=O)O)C(=O)N[C@@H](CCCNC(=N)N)C(=O)NCC(=O)N[C@@H](Cc1c[nH]c2ccccc12)C(=O)N[C@@H](CCCNC(=N)N)C(=O)N[C@@H](CO)C(=O)N[C@@H](CCCNC(=N)N)C(=O)O. The van der Waals surface area contributed by atoms with E-state index in [4.69, 9.17) is 56.0 Å². The predicted octanol–water partition coefficient (Wildman–Crippen LogP) is -9.01. The minimum absolute atomic E-state index is 0.0144. The largest absolute Gasteiger partial charge is 0.481 e. The molecule has 652 valence electrons. The monoisotopic (exact) mass is 1670 g/mol. The number of carboxylic acid groups (broad SMARTS) is 3. The van der Waals surface area contributed by atoms with Gasteiger partial charge in [0.05, 0.1) is 25.6 Å². The lowest BCUT2D eigenvalue weighted by Gasteiger charge is -2.27. The molecule has 119 heavy (non-hydrogen) atoms. The number of benzene rings is 2. The van der Waals surface area contributed by atoms with Crippen molar-refractivity contribution in [3.8, 4) is 0 Å². The molecule has 0 aliphatic carbocycles. The van der Waals surface area contributed by atoms with Crippen molar-refractivity contribution >= 4 is 140 Å². The number of H-pyrrole nitrogens is 2. The van der Waals surface area contributed by atoms with E-state index in [1.165, 1.54) is 13.1 Å². The Bertz CT molecular complexity index is 4290. The van der Waals surface area contributed by atoms with E-state index < -0.39 is 224 Å². The van der Waals surface area contributed by atoms with E-state index in [1.807, 2.05) is 0 Å². The number of carbonyl (C=O) groups is 16. The second kappa shape index (κ2) is 49.7. The second-order valence-electron chi connectivity index (χ2n) is 27.5. The second-order valence-corrected chi connectivity index (χ2v) is 27.5. The summed E-state index contributed by atoms with van der Waals surface area (Å²) in [7, 11) is 0. The van der Waals surface area contributed by atoms with E-state index in [2.05, 4.69) is 95.0 Å². The van der Waals surface area contributed by atoms with Gasteiger partial charge < -0.3 is 150 Å². The van der Waals surface area contributed by atoms with Gasteiger partial charge in [0.15, 0.2) is 23.8 Å². The fraction of sp³-hybridized carbons (Fsp3) is 0.493. The number of primary amides is 1. The summed E-state index contributed by atoms with van der Waals surface area (Å²) in [5.74, 6) is -20.0. The van der Waals surface area contributed by atoms with E-state index >= 15 is 0 Å². The molecule has 0 aliphatic rings. The molecule has 0 aliphatic heterocycles. The fourth-order valence-electron chi connectivity index (χ4n) is 11.7. The van der Waals surface area contributed by atoms with Crippen molar-refractivity contribution in [2.24, 2.45) is 34.4 Å². The average Bonchev–Trinajstić information content (AvgIpc) is 1.70. The summed E-state index contributed by atoms with van der Waals surface area (Å²) in [6.07, 6.45) is -1.31. The number of carboxylic acids is 3. The topological polar surface area (TPSA) is 830 Å². The number of aromatic amines is 2. The van der Waals surface area contributed by atoms with Gasteiger partial charge in [-0.25, -0.2) is 4.79 Å². The number of nitrogens with one attached hydrogen (secondary N) is 22. The predicted molar refractivity (Wildman–Crippen MR) is 426 cm³/mol. The molecule has 2 aromatic heterocycles. The molecular formula is C71H108N28O20. The lowest BCUT2D eigenvalue weighted by molar-refractivity contribution is -0.143. The van der Waals surface area contributed by atoms with Crippen molar-refractivity contribution in [3.63, 3.8) is 0 Å². The number of rotatable bonds is 54. The van der Waals surface area contributed by atoms with Crippen molar-refractivity contribution in [1.82, 2.24) is 95.0 Å². The van der Waals surface area contributed by atoms with E-state index in [9.17, 15) is 97.1 Å². The first kappa shape index (κ1) is 97.4. The number of hydrogen-bond acceptors (Lipinski definition) is 22. The van der Waals surface area contributed by atoms with Crippen LogP contribution >= 0.6 is 0 Å². The fourth-order valence-corrected chi connectivity index (χ4v) is 11.7. The Kier molecular flexibility index (Phi) is 40.7. The quantitative estimate of drug-likeness (QED) is 0.0111. The molecule has 48 nitrogen and oxygen atoms in total. The van der Waals surface area contributed by atoms with Gasteiger partial charge in [0.1, 0.15) is 66.5 Å². The molecule has 38 N–H and O–H groups in total. The first-order valence-electron chi connectivity index (χ1n) is 37.6. The summed E-state index contributed by atoms with van der Waals surface area (Å²) in [4.78, 5) is 222. The Balaban J connectivity index is 1.55. The maximum absolute atomic E-state index is 14.6. The van der Waals surface area contributed by atoms with Gasteiger partial charge in [0.25, 0.3) is 0 Å². The number of nitrogens with two attached hydrogens (primary N) is 6. The van der Waals surface area contributed by atoms with Crippen molar-refractivity contribution in [2.75, 3.05) is 39.3 Å². The molecule has 0 bridgehead atoms. The molecule has 4 aromatic rings. The number of aliphatic carboxylic acids is 3. The van der Waals surface area contributed by atoms with Crippen LogP contribution in [0.1, 0.15) is 108 Å². The van der Waals surface area contributed by atoms with Crippen LogP contribution in [0.5, 0.6) is 0 Å². The lowest BCUT2D eigenvalue weighted by Crippen LogP contribution is -2.60. The lowest BCUT2D eigenvalue weighted by atomic mass is 10.0. The molecule has 4 rings (SSSR count). The zero-order valence-corrected chi connectivity index (χ0v) is 65.3. The van der Waals surface area contributed by atoms with E-state index in [-0.39, 0.29) is 103 Å². The maximum atomic E-state index is 14.6. The molecule has 2 heterocycles. The van der Waals surface area contributed by atoms with Crippen LogP contribution in [0.3, 0.4) is 0 Å². The molecule has 0 spiro atoms. The number of aliphatic hydroxyl groups is 1. The summed E-state index contributed by atoms with van der Waals surface area (Å²) in [6.45, 7) is 0.294. The van der Waals surface area contributed by atoms with Crippen molar-refractivity contribution in [2.45, 2.75) is 183 Å². The zero-order valence-electron chi connectivity index (χ0n) is 65.3. The standard InChI is InChI=1S/C71H108N28O20/c1-34(89-60(111)44(16-8-24-83-69(76)77)94-62(113)46(20-21-52(73)101)93-57(108)35(2)90-63(114)50(29-55(105)106)98-65(116)49(97-58(109)40(72)19-22-54(103)104)28-37-31-87-42-14-6-4-12-39(37)42)56(107)92-43(15-7-23-82-68(74)75)59(110)88-32-53(102)91-48(27-36-30-86-41-13-5-3-11-38(36)41)64(115)95-45(17-9-25-84-70(78)79)61(112)99-51(33-100)66(117)96-47(67(118)119)18-10-26-85-71(80)81/h3-6,11-14,30-31,34-35,40,43-51,86-87,100H,7-10,15-29,32-33,72H2,1-2H3,(H2,73,101)(H,88,110)(H,89,111)(H,90,114)(H,91,102)(H,92,107)(H,93,108)(H,94,113)(H,95,115)(H,96,117)(H,97,109)(H,98,116)(H,99,112)(H,103,104)(H,105,106)(H,118,119)(H4,74,75,82)(H4,76,77,83)(H4,78,79,84)(H4,80,81,85)/t34-,35-,40-,43-,44-,45-,46-,47-,48-,49-,50-,51-/m0/s1. The van der Waals surface area contributed by atoms with Crippen LogP contribution in [0.4, 0.5) is 0 Å². The van der Waals surface area contributed by atoms with Gasteiger partial charge in [-0.15, -0.1) is 0 Å². The molecule has 2 aromatic carbocycles. The number of carbonyl (C=O) groups excluding carboxylic acids is 13. The summed E-state index contributed by atoms with van der Waals surface area (Å²) in [6, 6.07) is -5.87. The third kappa shape index (κ3) is 35.4. The zero-order chi connectivity index (χ0) is 88.6. The minimum Gasteiger partial charge on any atom is -0.481 e. The number of fused-ring (bicyclic) bond motifs is 2. The molecular weight excluding hydrogens is 1560 g/mol. The van der Waals surface area contributed by atoms with Gasteiger partial charge in [-0.3, -0.25) is 93.6 Å². The van der Waals surface area contributed by atoms with Crippen LogP contribution in [0.15, 0.2) is 60.9 Å². The van der Waals surface area contributed by atoms with Crippen LogP contribution in [0, 0.1) is 21.6 Å². The highest BCUT2D eigenvalue weighted by Gasteiger charge is 2.37. The van der Waals surface area contributed by atoms with Crippen LogP contribution in [0.25, 0.3) is 21.8 Å². The summed E-state index contributed by atoms with van der Waals surface area (Å²) in [5.41, 5.74) is 35.3. The number of aromatic nitrogens is 2. The van der Waals surface area contributed by atoms with Gasteiger partial charge >= 0.3 is 17.9 Å². The Labute approximate surface area is 680 Å². The van der Waals surface area contributed by atoms with Crippen LogP contribution in [-0.2, 0) is 89.6 Å². The molecule has 0 saturated carbocycles. The van der Waals surface area contributed by atoms with Crippen LogP contribution in [-0.4, -0.2) is 261 Å². The van der Waals surface area contributed by atoms with E-state index in [0.717, 1.165) is 6.92 Å². The number of guanidine groups is 4. The van der Waals surface area contributed by atoms with Gasteiger partial charge in [-0.2, -0.15) is 0 Å². The third-order valence-corrected chi connectivity index (χ3v) is 18.0. The van der Waals surface area contributed by atoms with E-state index in [1.54, 1.807) is 54.7 Å². The Morgan fingerprint density at radius 1 is 0.378 bits per heavy atom.